The van der Waals surface area contributed by atoms with Crippen molar-refractivity contribution < 1.29 is 0 Å². The van der Waals surface area contributed by atoms with Crippen LogP contribution in [0.3, 0.4) is 0 Å². The maximum Gasteiger partial charge on any atom is 0.0316 e. The zero-order valence-corrected chi connectivity index (χ0v) is 6.46. The van der Waals surface area contributed by atoms with Gasteiger partial charge in [-0.05, 0) is 26.0 Å². The van der Waals surface area contributed by atoms with E-state index >= 15 is 0 Å². The fourth-order valence-corrected chi connectivity index (χ4v) is 1.24. The maximum atomic E-state index is 2.37. The van der Waals surface area contributed by atoms with Gasteiger partial charge in [-0.3, -0.25) is 0 Å². The summed E-state index contributed by atoms with van der Waals surface area (Å²) in [6.07, 6.45) is 4.48. The second-order valence-electron chi connectivity index (χ2n) is 2.77. The Morgan fingerprint density at radius 2 is 2.11 bits per heavy atom. The molecule has 52 valence electrons. The SMILES string of the molecule is CCN1C=CC(C)C1C. The quantitative estimate of drug-likeness (QED) is 0.517. The van der Waals surface area contributed by atoms with Gasteiger partial charge in [0, 0.05) is 12.6 Å². The fraction of sp³-hybridized carbons (Fsp3) is 0.750. The molecule has 0 fully saturated rings. The summed E-state index contributed by atoms with van der Waals surface area (Å²) in [6, 6.07) is 0.718. The van der Waals surface area contributed by atoms with E-state index in [4.69, 9.17) is 0 Å². The molecule has 0 saturated heterocycles. The van der Waals surface area contributed by atoms with Crippen LogP contribution in [0.5, 0.6) is 0 Å². The molecule has 1 nitrogen and oxygen atoms in total. The van der Waals surface area contributed by atoms with E-state index in [1.54, 1.807) is 0 Å². The molecule has 0 spiro atoms. The Hall–Kier alpha value is -0.460. The summed E-state index contributed by atoms with van der Waals surface area (Å²) in [7, 11) is 0. The summed E-state index contributed by atoms with van der Waals surface area (Å²) in [5.41, 5.74) is 0. The van der Waals surface area contributed by atoms with Crippen molar-refractivity contribution in [1.82, 2.24) is 4.90 Å². The van der Waals surface area contributed by atoms with Gasteiger partial charge in [0.25, 0.3) is 0 Å². The molecule has 1 heterocycles. The van der Waals surface area contributed by atoms with Crippen LogP contribution >= 0.6 is 0 Å². The molecule has 0 aromatic carbocycles. The fourth-order valence-electron chi connectivity index (χ4n) is 1.24. The Labute approximate surface area is 57.4 Å². The molecule has 2 unspecified atom stereocenters. The Kier molecular flexibility index (Phi) is 1.79. The molecule has 9 heavy (non-hydrogen) atoms. The lowest BCUT2D eigenvalue weighted by Crippen LogP contribution is -2.27. The molecule has 0 bridgehead atoms. The average Bonchev–Trinajstić information content (AvgIpc) is 2.15. The van der Waals surface area contributed by atoms with Crippen molar-refractivity contribution in [3.63, 3.8) is 0 Å². The minimum atomic E-state index is 0.718. The predicted molar refractivity (Wildman–Crippen MR) is 40.1 cm³/mol. The molecule has 0 amide bonds. The molecule has 2 atom stereocenters. The first-order chi connectivity index (χ1) is 4.25. The van der Waals surface area contributed by atoms with Crippen molar-refractivity contribution in [1.29, 1.82) is 0 Å². The van der Waals surface area contributed by atoms with Crippen LogP contribution in [0.15, 0.2) is 12.3 Å². The Balaban J connectivity index is 2.51. The molecular formula is C8H15N. The highest BCUT2D eigenvalue weighted by Crippen LogP contribution is 2.18. The Bertz CT molecular complexity index is 118. The van der Waals surface area contributed by atoms with E-state index in [2.05, 4.69) is 37.9 Å². The van der Waals surface area contributed by atoms with Gasteiger partial charge in [-0.25, -0.2) is 0 Å². The van der Waals surface area contributed by atoms with Crippen molar-refractivity contribution >= 4 is 0 Å². The van der Waals surface area contributed by atoms with Crippen LogP contribution < -0.4 is 0 Å². The number of nitrogens with zero attached hydrogens (tertiary/aromatic N) is 1. The van der Waals surface area contributed by atoms with Gasteiger partial charge in [-0.2, -0.15) is 0 Å². The summed E-state index contributed by atoms with van der Waals surface area (Å²) >= 11 is 0. The molecule has 0 aromatic heterocycles. The third-order valence-electron chi connectivity index (χ3n) is 2.23. The lowest BCUT2D eigenvalue weighted by Gasteiger charge is -2.22. The molecule has 0 radical (unpaired) electrons. The first kappa shape index (κ1) is 6.66. The van der Waals surface area contributed by atoms with Gasteiger partial charge in [0.15, 0.2) is 0 Å². The largest absolute Gasteiger partial charge is 0.375 e. The molecular weight excluding hydrogens is 110 g/mol. The van der Waals surface area contributed by atoms with E-state index in [-0.39, 0.29) is 0 Å². The van der Waals surface area contributed by atoms with Crippen LogP contribution in [-0.2, 0) is 0 Å². The average molecular weight is 125 g/mol. The Morgan fingerprint density at radius 1 is 1.44 bits per heavy atom. The second kappa shape index (κ2) is 2.42. The maximum absolute atomic E-state index is 2.37. The highest BCUT2D eigenvalue weighted by atomic mass is 15.1. The molecule has 1 rings (SSSR count). The zero-order chi connectivity index (χ0) is 6.85. The van der Waals surface area contributed by atoms with Crippen molar-refractivity contribution in [3.05, 3.63) is 12.3 Å². The predicted octanol–water partition coefficient (Wildman–Crippen LogP) is 1.86. The normalized spacial score (nSPS) is 33.9. The van der Waals surface area contributed by atoms with E-state index in [1.165, 1.54) is 0 Å². The van der Waals surface area contributed by atoms with Gasteiger partial charge in [-0.15, -0.1) is 0 Å². The first-order valence-corrected chi connectivity index (χ1v) is 3.69. The van der Waals surface area contributed by atoms with Gasteiger partial charge in [0.2, 0.25) is 0 Å². The van der Waals surface area contributed by atoms with Crippen LogP contribution in [0.1, 0.15) is 20.8 Å². The highest BCUT2D eigenvalue weighted by Gasteiger charge is 2.18. The summed E-state index contributed by atoms with van der Waals surface area (Å²) in [4.78, 5) is 2.37. The van der Waals surface area contributed by atoms with E-state index < -0.39 is 0 Å². The summed E-state index contributed by atoms with van der Waals surface area (Å²) in [6.45, 7) is 7.87. The monoisotopic (exact) mass is 125 g/mol. The van der Waals surface area contributed by atoms with Gasteiger partial charge >= 0.3 is 0 Å². The van der Waals surface area contributed by atoms with Crippen LogP contribution in [0.4, 0.5) is 0 Å². The summed E-state index contributed by atoms with van der Waals surface area (Å²) in [5.74, 6) is 0.741. The molecule has 1 aliphatic rings. The van der Waals surface area contributed by atoms with E-state index in [0.29, 0.717) is 0 Å². The van der Waals surface area contributed by atoms with Gasteiger partial charge in [-0.1, -0.05) is 13.0 Å². The Morgan fingerprint density at radius 3 is 2.33 bits per heavy atom. The lowest BCUT2D eigenvalue weighted by atomic mass is 10.1. The summed E-state index contributed by atoms with van der Waals surface area (Å²) < 4.78 is 0. The van der Waals surface area contributed by atoms with Crippen molar-refractivity contribution in [2.75, 3.05) is 6.54 Å². The zero-order valence-electron chi connectivity index (χ0n) is 6.46. The molecule has 0 aliphatic carbocycles. The third kappa shape index (κ3) is 1.09. The minimum absolute atomic E-state index is 0.718. The van der Waals surface area contributed by atoms with Gasteiger partial charge in [0.1, 0.15) is 0 Å². The van der Waals surface area contributed by atoms with Crippen molar-refractivity contribution in [3.8, 4) is 0 Å². The second-order valence-corrected chi connectivity index (χ2v) is 2.77. The number of rotatable bonds is 1. The van der Waals surface area contributed by atoms with E-state index in [1.807, 2.05) is 0 Å². The number of hydrogen-bond donors (Lipinski definition) is 0. The lowest BCUT2D eigenvalue weighted by molar-refractivity contribution is 0.294. The topological polar surface area (TPSA) is 3.24 Å². The van der Waals surface area contributed by atoms with Crippen LogP contribution in [0.2, 0.25) is 0 Å². The summed E-state index contributed by atoms with van der Waals surface area (Å²) in [5, 5.41) is 0. The first-order valence-electron chi connectivity index (χ1n) is 3.69. The smallest absolute Gasteiger partial charge is 0.0316 e. The third-order valence-corrected chi connectivity index (χ3v) is 2.23. The van der Waals surface area contributed by atoms with Crippen LogP contribution in [0, 0.1) is 5.92 Å². The van der Waals surface area contributed by atoms with Gasteiger partial charge < -0.3 is 4.90 Å². The molecule has 0 N–H and O–H groups in total. The molecule has 1 aliphatic heterocycles. The minimum Gasteiger partial charge on any atom is -0.375 e. The van der Waals surface area contributed by atoms with Crippen LogP contribution in [-0.4, -0.2) is 17.5 Å². The van der Waals surface area contributed by atoms with Crippen molar-refractivity contribution in [2.45, 2.75) is 26.8 Å². The van der Waals surface area contributed by atoms with Crippen LogP contribution in [0.25, 0.3) is 0 Å². The molecule has 0 saturated carbocycles. The standard InChI is InChI=1S/C8H15N/c1-4-9-6-5-7(2)8(9)3/h5-8H,4H2,1-3H3. The van der Waals surface area contributed by atoms with E-state index in [0.717, 1.165) is 18.5 Å². The number of hydrogen-bond acceptors (Lipinski definition) is 1. The molecule has 0 aromatic rings. The van der Waals surface area contributed by atoms with Gasteiger partial charge in [0.05, 0.1) is 0 Å². The molecule has 1 heteroatoms. The van der Waals surface area contributed by atoms with E-state index in [9.17, 15) is 0 Å². The van der Waals surface area contributed by atoms with Crippen molar-refractivity contribution in [2.24, 2.45) is 5.92 Å². The highest BCUT2D eigenvalue weighted by molar-refractivity contribution is 5.00.